The van der Waals surface area contributed by atoms with E-state index in [1.807, 2.05) is 24.3 Å². The summed E-state index contributed by atoms with van der Waals surface area (Å²) in [6.07, 6.45) is 7.98. The van der Waals surface area contributed by atoms with Gasteiger partial charge in [0.15, 0.2) is 0 Å². The van der Waals surface area contributed by atoms with Crippen molar-refractivity contribution in [3.8, 4) is 22.8 Å². The summed E-state index contributed by atoms with van der Waals surface area (Å²) >= 11 is 0. The van der Waals surface area contributed by atoms with Crippen molar-refractivity contribution in [2.24, 2.45) is 0 Å². The van der Waals surface area contributed by atoms with Gasteiger partial charge in [-0.2, -0.15) is 0 Å². The summed E-state index contributed by atoms with van der Waals surface area (Å²) in [5.74, 6) is 0.742. The quantitative estimate of drug-likeness (QED) is 0.799. The van der Waals surface area contributed by atoms with Crippen LogP contribution in [0.4, 0.5) is 0 Å². The van der Waals surface area contributed by atoms with E-state index < -0.39 is 0 Å². The molecule has 0 fully saturated rings. The number of fused-ring (bicyclic) bond motifs is 1. The number of nitrogens with zero attached hydrogens (tertiary/aromatic N) is 3. The fourth-order valence-electron chi connectivity index (χ4n) is 3.06. The molecule has 0 saturated carbocycles. The van der Waals surface area contributed by atoms with Crippen LogP contribution < -0.4 is 4.74 Å². The molecule has 120 valence electrons. The topological polar surface area (TPSA) is 68.1 Å². The zero-order valence-corrected chi connectivity index (χ0v) is 13.1. The molecule has 1 N–H and O–H groups in total. The van der Waals surface area contributed by atoms with E-state index in [0.717, 1.165) is 41.8 Å². The van der Waals surface area contributed by atoms with Crippen LogP contribution in [0.1, 0.15) is 23.4 Å². The second kappa shape index (κ2) is 6.28. The Balaban J connectivity index is 1.68. The molecule has 0 aromatic carbocycles. The summed E-state index contributed by atoms with van der Waals surface area (Å²) in [6, 6.07) is 9.40. The number of aromatic hydroxyl groups is 1. The molecule has 3 aromatic rings. The maximum Gasteiger partial charge on any atom is 0.214 e. The molecule has 0 atom stereocenters. The van der Waals surface area contributed by atoms with Crippen molar-refractivity contribution in [2.45, 2.75) is 25.9 Å². The van der Waals surface area contributed by atoms with Gasteiger partial charge in [-0.1, -0.05) is 6.07 Å². The van der Waals surface area contributed by atoms with Crippen molar-refractivity contribution in [3.63, 3.8) is 0 Å². The molecule has 0 unspecified atom stereocenters. The van der Waals surface area contributed by atoms with E-state index >= 15 is 0 Å². The highest BCUT2D eigenvalue weighted by Crippen LogP contribution is 2.34. The third kappa shape index (κ3) is 2.93. The first-order valence-electron chi connectivity index (χ1n) is 7.99. The maximum absolute atomic E-state index is 9.73. The SMILES string of the molecule is Oc1cncc(-c2cc(OCc3ccccn3)nc3c2CCC3)c1. The molecule has 5 nitrogen and oxygen atoms in total. The summed E-state index contributed by atoms with van der Waals surface area (Å²) in [7, 11) is 0. The van der Waals surface area contributed by atoms with Crippen LogP contribution >= 0.6 is 0 Å². The molecular formula is C19H17N3O2. The first-order chi connectivity index (χ1) is 11.8. The average Bonchev–Trinajstić information content (AvgIpc) is 3.08. The predicted octanol–water partition coefficient (Wildman–Crippen LogP) is 3.31. The molecule has 1 aliphatic rings. The lowest BCUT2D eigenvalue weighted by Gasteiger charge is -2.12. The molecule has 0 aliphatic heterocycles. The van der Waals surface area contributed by atoms with Crippen LogP contribution in [0.15, 0.2) is 48.9 Å². The molecule has 3 heterocycles. The van der Waals surface area contributed by atoms with Crippen LogP contribution in [-0.4, -0.2) is 20.1 Å². The zero-order chi connectivity index (χ0) is 16.4. The number of aromatic nitrogens is 3. The standard InChI is InChI=1S/C19H17N3O2/c23-15-8-13(10-20-11-15)17-9-19(22-18-6-3-5-16(17)18)24-12-14-4-1-2-7-21-14/h1-2,4,7-11,23H,3,5-6,12H2. The van der Waals surface area contributed by atoms with E-state index in [9.17, 15) is 5.11 Å². The second-order valence-corrected chi connectivity index (χ2v) is 5.83. The molecule has 0 radical (unpaired) electrons. The molecule has 24 heavy (non-hydrogen) atoms. The average molecular weight is 319 g/mol. The third-order valence-corrected chi connectivity index (χ3v) is 4.16. The molecule has 0 amide bonds. The molecule has 3 aromatic heterocycles. The normalized spacial score (nSPS) is 12.8. The second-order valence-electron chi connectivity index (χ2n) is 5.83. The van der Waals surface area contributed by atoms with Gasteiger partial charge in [0.2, 0.25) is 5.88 Å². The molecule has 4 rings (SSSR count). The molecule has 5 heteroatoms. The molecule has 1 aliphatic carbocycles. The highest BCUT2D eigenvalue weighted by atomic mass is 16.5. The van der Waals surface area contributed by atoms with Crippen molar-refractivity contribution in [1.82, 2.24) is 15.0 Å². The van der Waals surface area contributed by atoms with Gasteiger partial charge in [-0.25, -0.2) is 4.98 Å². The highest BCUT2D eigenvalue weighted by molar-refractivity contribution is 5.70. The summed E-state index contributed by atoms with van der Waals surface area (Å²) < 4.78 is 5.85. The van der Waals surface area contributed by atoms with Crippen LogP contribution in [0.2, 0.25) is 0 Å². The number of aryl methyl sites for hydroxylation is 1. The number of ether oxygens (including phenoxy) is 1. The molecular weight excluding hydrogens is 302 g/mol. The largest absolute Gasteiger partial charge is 0.506 e. The zero-order valence-electron chi connectivity index (χ0n) is 13.1. The van der Waals surface area contributed by atoms with Crippen molar-refractivity contribution >= 4 is 0 Å². The number of hydrogen-bond donors (Lipinski definition) is 1. The Kier molecular flexibility index (Phi) is 3.83. The van der Waals surface area contributed by atoms with Gasteiger partial charge in [0.1, 0.15) is 12.4 Å². The summed E-state index contributed by atoms with van der Waals surface area (Å²) in [5, 5.41) is 9.73. The monoisotopic (exact) mass is 319 g/mol. The summed E-state index contributed by atoms with van der Waals surface area (Å²) in [5.41, 5.74) is 5.09. The number of pyridine rings is 3. The molecule has 0 spiro atoms. The van der Waals surface area contributed by atoms with E-state index in [-0.39, 0.29) is 5.75 Å². The first kappa shape index (κ1) is 14.6. The fourth-order valence-corrected chi connectivity index (χ4v) is 3.06. The highest BCUT2D eigenvalue weighted by Gasteiger charge is 2.20. The van der Waals surface area contributed by atoms with Crippen LogP contribution in [0.25, 0.3) is 11.1 Å². The van der Waals surface area contributed by atoms with E-state index in [2.05, 4.69) is 15.0 Å². The minimum absolute atomic E-state index is 0.159. The lowest BCUT2D eigenvalue weighted by molar-refractivity contribution is 0.288. The van der Waals surface area contributed by atoms with Crippen LogP contribution in [-0.2, 0) is 19.4 Å². The van der Waals surface area contributed by atoms with E-state index in [0.29, 0.717) is 12.5 Å². The van der Waals surface area contributed by atoms with Crippen LogP contribution in [0.5, 0.6) is 11.6 Å². The van der Waals surface area contributed by atoms with Gasteiger partial charge in [0.05, 0.1) is 11.9 Å². The smallest absolute Gasteiger partial charge is 0.214 e. The van der Waals surface area contributed by atoms with Gasteiger partial charge in [0.25, 0.3) is 0 Å². The number of hydrogen-bond acceptors (Lipinski definition) is 5. The Hall–Kier alpha value is -2.95. The predicted molar refractivity (Wildman–Crippen MR) is 89.7 cm³/mol. The molecule has 0 bridgehead atoms. The fraction of sp³-hybridized carbons (Fsp3) is 0.211. The van der Waals surface area contributed by atoms with Crippen molar-refractivity contribution < 1.29 is 9.84 Å². The van der Waals surface area contributed by atoms with Gasteiger partial charge in [0, 0.05) is 29.7 Å². The number of rotatable bonds is 4. The summed E-state index contributed by atoms with van der Waals surface area (Å²) in [4.78, 5) is 13.0. The lowest BCUT2D eigenvalue weighted by Crippen LogP contribution is -2.02. The van der Waals surface area contributed by atoms with Crippen molar-refractivity contribution in [1.29, 1.82) is 0 Å². The van der Waals surface area contributed by atoms with Crippen LogP contribution in [0, 0.1) is 0 Å². The Morgan fingerprint density at radius 3 is 2.92 bits per heavy atom. The van der Waals surface area contributed by atoms with Gasteiger partial charge in [-0.05, 0) is 48.6 Å². The Morgan fingerprint density at radius 2 is 2.08 bits per heavy atom. The maximum atomic E-state index is 9.73. The minimum atomic E-state index is 0.159. The Bertz CT molecular complexity index is 866. The van der Waals surface area contributed by atoms with Crippen LogP contribution in [0.3, 0.4) is 0 Å². The van der Waals surface area contributed by atoms with Gasteiger partial charge >= 0.3 is 0 Å². The van der Waals surface area contributed by atoms with Crippen molar-refractivity contribution in [3.05, 3.63) is 65.9 Å². The van der Waals surface area contributed by atoms with Crippen molar-refractivity contribution in [2.75, 3.05) is 0 Å². The van der Waals surface area contributed by atoms with E-state index in [1.54, 1.807) is 18.5 Å². The van der Waals surface area contributed by atoms with Gasteiger partial charge < -0.3 is 9.84 Å². The van der Waals surface area contributed by atoms with Gasteiger partial charge in [-0.3, -0.25) is 9.97 Å². The third-order valence-electron chi connectivity index (χ3n) is 4.16. The van der Waals surface area contributed by atoms with Gasteiger partial charge in [-0.15, -0.1) is 0 Å². The Morgan fingerprint density at radius 1 is 1.12 bits per heavy atom. The first-order valence-corrected chi connectivity index (χ1v) is 7.99. The van der Waals surface area contributed by atoms with E-state index in [1.165, 1.54) is 11.8 Å². The Labute approximate surface area is 140 Å². The molecule has 0 saturated heterocycles. The minimum Gasteiger partial charge on any atom is -0.506 e. The lowest BCUT2D eigenvalue weighted by atomic mass is 10.0. The van der Waals surface area contributed by atoms with E-state index in [4.69, 9.17) is 4.74 Å². The summed E-state index contributed by atoms with van der Waals surface area (Å²) in [6.45, 7) is 0.379.